The zero-order valence-electron chi connectivity index (χ0n) is 9.52. The van der Waals surface area contributed by atoms with Crippen LogP contribution in [0, 0.1) is 0 Å². The highest BCUT2D eigenvalue weighted by molar-refractivity contribution is 5.21. The van der Waals surface area contributed by atoms with E-state index < -0.39 is 37.4 Å². The molecule has 1 aliphatic heterocycles. The summed E-state index contributed by atoms with van der Waals surface area (Å²) in [5, 5.41) is 28.1. The smallest absolute Gasteiger partial charge is 0.229 e. The molecule has 1 aromatic rings. The van der Waals surface area contributed by atoms with Crippen LogP contribution in [0.3, 0.4) is 0 Å². The molecule has 3 N–H and O–H groups in total. The average molecular weight is 258 g/mol. The van der Waals surface area contributed by atoms with Crippen LogP contribution in [0.15, 0.2) is 30.3 Å². The first-order valence-corrected chi connectivity index (χ1v) is 5.61. The Morgan fingerprint density at radius 3 is 2.44 bits per heavy atom. The molecule has 0 aromatic heterocycles. The van der Waals surface area contributed by atoms with Crippen molar-refractivity contribution in [2.24, 2.45) is 0 Å². The van der Waals surface area contributed by atoms with Crippen LogP contribution in [0.1, 0.15) is 0 Å². The molecule has 0 amide bonds. The van der Waals surface area contributed by atoms with E-state index in [1.807, 2.05) is 0 Å². The van der Waals surface area contributed by atoms with Crippen LogP contribution in [0.25, 0.3) is 0 Å². The molecule has 0 aliphatic carbocycles. The average Bonchev–Trinajstić information content (AvgIpc) is 2.40. The number of hydrogen-bond donors (Lipinski definition) is 3. The van der Waals surface area contributed by atoms with E-state index in [4.69, 9.17) is 14.6 Å². The summed E-state index contributed by atoms with van der Waals surface area (Å²) in [6.07, 6.45) is -7.43. The molecular formula is C12H15FO5. The molecule has 1 fully saturated rings. The van der Waals surface area contributed by atoms with Gasteiger partial charge in [0.1, 0.15) is 24.1 Å². The van der Waals surface area contributed by atoms with Gasteiger partial charge in [0.25, 0.3) is 0 Å². The predicted molar refractivity (Wildman–Crippen MR) is 59.7 cm³/mol. The summed E-state index contributed by atoms with van der Waals surface area (Å²) in [7, 11) is 0. The molecule has 1 heterocycles. The summed E-state index contributed by atoms with van der Waals surface area (Å²) >= 11 is 0. The fourth-order valence-corrected chi connectivity index (χ4v) is 1.77. The highest BCUT2D eigenvalue weighted by Gasteiger charge is 2.45. The van der Waals surface area contributed by atoms with E-state index in [1.165, 1.54) is 0 Å². The molecule has 5 nitrogen and oxygen atoms in total. The van der Waals surface area contributed by atoms with Crippen molar-refractivity contribution in [1.29, 1.82) is 0 Å². The summed E-state index contributed by atoms with van der Waals surface area (Å²) in [6, 6.07) is 8.51. The maximum Gasteiger partial charge on any atom is 0.229 e. The van der Waals surface area contributed by atoms with Crippen LogP contribution < -0.4 is 4.74 Å². The van der Waals surface area contributed by atoms with Crippen LogP contribution in [0.5, 0.6) is 5.75 Å². The normalized spacial score (nSPS) is 36.3. The third-order valence-electron chi connectivity index (χ3n) is 2.79. The Labute approximate surface area is 103 Å². The fourth-order valence-electron chi connectivity index (χ4n) is 1.77. The maximum atomic E-state index is 13.5. The second-order valence-electron chi connectivity index (χ2n) is 4.08. The lowest BCUT2D eigenvalue weighted by Gasteiger charge is -2.38. The molecule has 0 bridgehead atoms. The predicted octanol–water partition coefficient (Wildman–Crippen LogP) is -0.158. The van der Waals surface area contributed by atoms with Crippen molar-refractivity contribution < 1.29 is 29.2 Å². The minimum absolute atomic E-state index is 0.419. The Morgan fingerprint density at radius 2 is 1.83 bits per heavy atom. The van der Waals surface area contributed by atoms with Gasteiger partial charge in [-0.2, -0.15) is 0 Å². The molecule has 18 heavy (non-hydrogen) atoms. The summed E-state index contributed by atoms with van der Waals surface area (Å²) in [5.41, 5.74) is 0. The van der Waals surface area contributed by atoms with Gasteiger partial charge in [-0.3, -0.25) is 0 Å². The number of aliphatic hydroxyl groups is 3. The lowest BCUT2D eigenvalue weighted by molar-refractivity contribution is -0.265. The summed E-state index contributed by atoms with van der Waals surface area (Å²) in [4.78, 5) is 0. The van der Waals surface area contributed by atoms with Crippen molar-refractivity contribution in [2.75, 3.05) is 6.61 Å². The molecule has 1 aromatic carbocycles. The lowest BCUT2D eigenvalue weighted by atomic mass is 10.0. The van der Waals surface area contributed by atoms with E-state index in [0.29, 0.717) is 5.75 Å². The van der Waals surface area contributed by atoms with Gasteiger partial charge in [0.15, 0.2) is 6.17 Å². The number of ether oxygens (including phenoxy) is 2. The van der Waals surface area contributed by atoms with Gasteiger partial charge in [-0.05, 0) is 12.1 Å². The summed E-state index contributed by atoms with van der Waals surface area (Å²) < 4.78 is 23.8. The van der Waals surface area contributed by atoms with Crippen LogP contribution in [-0.2, 0) is 4.74 Å². The molecule has 6 heteroatoms. The molecular weight excluding hydrogens is 243 g/mol. The minimum atomic E-state index is -1.85. The molecule has 5 atom stereocenters. The topological polar surface area (TPSA) is 79.2 Å². The van der Waals surface area contributed by atoms with Gasteiger partial charge in [0.2, 0.25) is 6.29 Å². The summed E-state index contributed by atoms with van der Waals surface area (Å²) in [5.74, 6) is 0.419. The van der Waals surface area contributed by atoms with E-state index in [9.17, 15) is 14.6 Å². The van der Waals surface area contributed by atoms with E-state index in [0.717, 1.165) is 0 Å². The van der Waals surface area contributed by atoms with Crippen molar-refractivity contribution in [3.63, 3.8) is 0 Å². The van der Waals surface area contributed by atoms with E-state index in [1.54, 1.807) is 30.3 Å². The highest BCUT2D eigenvalue weighted by Crippen LogP contribution is 2.25. The van der Waals surface area contributed by atoms with Gasteiger partial charge < -0.3 is 24.8 Å². The van der Waals surface area contributed by atoms with Gasteiger partial charge in [-0.25, -0.2) is 4.39 Å². The Bertz CT molecular complexity index is 372. The second kappa shape index (κ2) is 5.62. The fraction of sp³-hybridized carbons (Fsp3) is 0.500. The zero-order chi connectivity index (χ0) is 13.1. The number of benzene rings is 1. The van der Waals surface area contributed by atoms with E-state index in [-0.39, 0.29) is 0 Å². The van der Waals surface area contributed by atoms with Crippen LogP contribution in [-0.4, -0.2) is 52.7 Å². The van der Waals surface area contributed by atoms with Gasteiger partial charge >= 0.3 is 0 Å². The van der Waals surface area contributed by atoms with Crippen molar-refractivity contribution in [3.8, 4) is 5.75 Å². The number of rotatable bonds is 3. The summed E-state index contributed by atoms with van der Waals surface area (Å²) in [6.45, 7) is -0.598. The van der Waals surface area contributed by atoms with Crippen LogP contribution >= 0.6 is 0 Å². The Kier molecular flexibility index (Phi) is 4.13. The third-order valence-corrected chi connectivity index (χ3v) is 2.79. The number of halogens is 1. The quantitative estimate of drug-likeness (QED) is 0.702. The van der Waals surface area contributed by atoms with Crippen molar-refractivity contribution in [1.82, 2.24) is 0 Å². The molecule has 1 saturated heterocycles. The van der Waals surface area contributed by atoms with Crippen LogP contribution in [0.4, 0.5) is 4.39 Å². The molecule has 0 radical (unpaired) electrons. The first-order valence-electron chi connectivity index (χ1n) is 5.61. The number of aliphatic hydroxyl groups excluding tert-OH is 3. The lowest BCUT2D eigenvalue weighted by Crippen LogP contribution is -2.58. The molecule has 0 spiro atoms. The number of hydrogen-bond acceptors (Lipinski definition) is 5. The Balaban J connectivity index is 2.08. The molecule has 1 aliphatic rings. The van der Waals surface area contributed by atoms with Crippen LogP contribution in [0.2, 0.25) is 0 Å². The second-order valence-corrected chi connectivity index (χ2v) is 4.08. The third kappa shape index (κ3) is 2.62. The van der Waals surface area contributed by atoms with Gasteiger partial charge in [0.05, 0.1) is 6.61 Å². The standard InChI is InChI=1S/C12H15FO5/c13-9-8(6-14)18-12(11(16)10(9)15)17-7-4-2-1-3-5-7/h1-5,8-12,14-16H,6H2/t8?,9-,10-,11?,12+/m1/s1. The molecule has 2 unspecified atom stereocenters. The highest BCUT2D eigenvalue weighted by atomic mass is 19.1. The van der Waals surface area contributed by atoms with Gasteiger partial charge in [-0.15, -0.1) is 0 Å². The monoisotopic (exact) mass is 258 g/mol. The van der Waals surface area contributed by atoms with Crippen molar-refractivity contribution in [3.05, 3.63) is 30.3 Å². The molecule has 2 rings (SSSR count). The van der Waals surface area contributed by atoms with Crippen molar-refractivity contribution >= 4 is 0 Å². The largest absolute Gasteiger partial charge is 0.462 e. The molecule has 100 valence electrons. The zero-order valence-corrected chi connectivity index (χ0v) is 9.52. The van der Waals surface area contributed by atoms with Crippen molar-refractivity contribution in [2.45, 2.75) is 30.8 Å². The van der Waals surface area contributed by atoms with Gasteiger partial charge in [-0.1, -0.05) is 18.2 Å². The van der Waals surface area contributed by atoms with Gasteiger partial charge in [0, 0.05) is 0 Å². The van der Waals surface area contributed by atoms with E-state index in [2.05, 4.69) is 0 Å². The number of alkyl halides is 1. The SMILES string of the molecule is OCC1O[C@H](Oc2ccccc2)C(O)[C@H](O)[C@@H]1F. The Hall–Kier alpha value is -1.21. The maximum absolute atomic E-state index is 13.5. The van der Waals surface area contributed by atoms with E-state index >= 15 is 0 Å². The Morgan fingerprint density at radius 1 is 1.17 bits per heavy atom. The number of para-hydroxylation sites is 1. The first-order chi connectivity index (χ1) is 8.63. The minimum Gasteiger partial charge on any atom is -0.462 e. The first kappa shape index (κ1) is 13.2. The molecule has 0 saturated carbocycles.